The smallest absolute Gasteiger partial charge is 0.313 e. The number of nitrogens with zero attached hydrogens (tertiary/aromatic N) is 4. The van der Waals surface area contributed by atoms with Gasteiger partial charge in [-0.15, -0.1) is 0 Å². The summed E-state index contributed by atoms with van der Waals surface area (Å²) in [5.41, 5.74) is 1.32. The third kappa shape index (κ3) is 4.20. The molecule has 0 spiro atoms. The van der Waals surface area contributed by atoms with Crippen molar-refractivity contribution >= 4 is 17.5 Å². The highest BCUT2D eigenvalue weighted by molar-refractivity contribution is 6.39. The fourth-order valence-electron chi connectivity index (χ4n) is 4.00. The summed E-state index contributed by atoms with van der Waals surface area (Å²) in [5, 5.41) is 2.63. The molecule has 0 unspecified atom stereocenters. The number of rotatable bonds is 3. The Hall–Kier alpha value is -2.80. The van der Waals surface area contributed by atoms with Gasteiger partial charge in [-0.2, -0.15) is 0 Å². The molecule has 0 saturated carbocycles. The van der Waals surface area contributed by atoms with Crippen molar-refractivity contribution < 1.29 is 9.59 Å². The molecule has 2 saturated heterocycles. The van der Waals surface area contributed by atoms with Crippen molar-refractivity contribution in [2.24, 2.45) is 0 Å². The molecule has 0 aliphatic carbocycles. The van der Waals surface area contributed by atoms with Gasteiger partial charge in [0.25, 0.3) is 0 Å². The summed E-state index contributed by atoms with van der Waals surface area (Å²) in [6.07, 6.45) is 7.55. The van der Waals surface area contributed by atoms with Crippen LogP contribution in [0.15, 0.2) is 42.7 Å². The molecule has 28 heavy (non-hydrogen) atoms. The number of hydrogen-bond donors (Lipinski definition) is 1. The van der Waals surface area contributed by atoms with E-state index in [0.29, 0.717) is 30.6 Å². The molecule has 4 rings (SSSR count). The third-order valence-electron chi connectivity index (χ3n) is 5.48. The summed E-state index contributed by atoms with van der Waals surface area (Å²) < 4.78 is 0. The van der Waals surface area contributed by atoms with Crippen LogP contribution >= 0.6 is 0 Å². The number of likely N-dealkylation sites (tertiary alicyclic amines) is 2. The Balaban J connectivity index is 1.35. The van der Waals surface area contributed by atoms with Gasteiger partial charge in [0.05, 0.1) is 18.1 Å². The van der Waals surface area contributed by atoms with Crippen molar-refractivity contribution in [1.82, 2.24) is 19.8 Å². The maximum Gasteiger partial charge on any atom is 0.313 e. The zero-order valence-corrected chi connectivity index (χ0v) is 15.9. The molecule has 1 aromatic heterocycles. The maximum absolute atomic E-state index is 12.6. The molecular weight excluding hydrogens is 354 g/mol. The van der Waals surface area contributed by atoms with Gasteiger partial charge in [-0.3, -0.25) is 14.5 Å². The lowest BCUT2D eigenvalue weighted by Crippen LogP contribution is -2.51. The first-order valence-corrected chi connectivity index (χ1v) is 9.92. The molecule has 2 aliphatic heterocycles. The second kappa shape index (κ2) is 8.48. The Morgan fingerprint density at radius 3 is 2.39 bits per heavy atom. The first kappa shape index (κ1) is 18.6. The molecule has 1 aromatic carbocycles. The lowest BCUT2D eigenvalue weighted by Gasteiger charge is -2.37. The number of hydrogen-bond acceptors (Lipinski definition) is 5. The van der Waals surface area contributed by atoms with Gasteiger partial charge < -0.3 is 10.2 Å². The van der Waals surface area contributed by atoms with Crippen LogP contribution in [0.2, 0.25) is 0 Å². The molecule has 0 bridgehead atoms. The Labute approximate surface area is 164 Å². The highest BCUT2D eigenvalue weighted by Gasteiger charge is 2.31. The maximum atomic E-state index is 12.6. The molecule has 2 amide bonds. The molecular formula is C21H25N5O2. The quantitative estimate of drug-likeness (QED) is 0.827. The second-order valence-electron chi connectivity index (χ2n) is 7.41. The summed E-state index contributed by atoms with van der Waals surface area (Å²) in [5.74, 6) is -0.524. The van der Waals surface area contributed by atoms with Crippen LogP contribution in [0.1, 0.15) is 25.7 Å². The van der Waals surface area contributed by atoms with Gasteiger partial charge in [-0.1, -0.05) is 30.3 Å². The highest BCUT2D eigenvalue weighted by atomic mass is 16.2. The van der Waals surface area contributed by atoms with Crippen molar-refractivity contribution in [1.29, 1.82) is 0 Å². The van der Waals surface area contributed by atoms with E-state index in [1.54, 1.807) is 4.90 Å². The van der Waals surface area contributed by atoms with Gasteiger partial charge in [0.1, 0.15) is 0 Å². The normalized spacial score (nSPS) is 20.1. The molecule has 2 fully saturated rings. The summed E-state index contributed by atoms with van der Waals surface area (Å²) in [7, 11) is 0. The van der Waals surface area contributed by atoms with Gasteiger partial charge in [-0.25, -0.2) is 9.97 Å². The average Bonchev–Trinajstić information content (AvgIpc) is 3.29. The highest BCUT2D eigenvalue weighted by Crippen LogP contribution is 2.21. The lowest BCUT2D eigenvalue weighted by atomic mass is 10.0. The van der Waals surface area contributed by atoms with Gasteiger partial charge >= 0.3 is 11.8 Å². The molecule has 7 nitrogen and oxygen atoms in total. The summed E-state index contributed by atoms with van der Waals surface area (Å²) in [6, 6.07) is 9.98. The fourth-order valence-corrected chi connectivity index (χ4v) is 4.00. The van der Waals surface area contributed by atoms with Crippen molar-refractivity contribution in [3.63, 3.8) is 0 Å². The van der Waals surface area contributed by atoms with Crippen LogP contribution < -0.4 is 5.32 Å². The zero-order valence-electron chi connectivity index (χ0n) is 15.9. The van der Waals surface area contributed by atoms with E-state index < -0.39 is 11.8 Å². The van der Waals surface area contributed by atoms with Crippen LogP contribution in [0.25, 0.3) is 11.4 Å². The molecule has 2 aliphatic rings. The number of nitrogens with one attached hydrogen (secondary N) is 1. The minimum Gasteiger partial charge on any atom is -0.333 e. The fraction of sp³-hybridized carbons (Fsp3) is 0.429. The molecule has 0 radical (unpaired) electrons. The van der Waals surface area contributed by atoms with E-state index in [2.05, 4.69) is 20.2 Å². The SMILES string of the molecule is O=C(Nc1cnc(-c2ccccc2)nc1)C(=O)N1CCC[C@@H](N2CCCC2)C1. The van der Waals surface area contributed by atoms with Crippen molar-refractivity contribution in [3.05, 3.63) is 42.7 Å². The molecule has 1 N–H and O–H groups in total. The van der Waals surface area contributed by atoms with Crippen LogP contribution in [0, 0.1) is 0 Å². The number of anilines is 1. The van der Waals surface area contributed by atoms with Crippen molar-refractivity contribution in [3.8, 4) is 11.4 Å². The standard InChI is InChI=1S/C21H25N5O2/c27-20(21(28)26-12-6-9-18(15-26)25-10-4-5-11-25)24-17-13-22-19(23-14-17)16-7-2-1-3-8-16/h1-3,7-8,13-14,18H,4-6,9-12,15H2,(H,24,27)/t18-/m1/s1. The second-order valence-corrected chi connectivity index (χ2v) is 7.41. The van der Waals surface area contributed by atoms with Crippen LogP contribution in [0.5, 0.6) is 0 Å². The first-order chi connectivity index (χ1) is 13.7. The summed E-state index contributed by atoms with van der Waals surface area (Å²) >= 11 is 0. The van der Waals surface area contributed by atoms with Crippen LogP contribution in [-0.4, -0.2) is 63.8 Å². The van der Waals surface area contributed by atoms with Crippen LogP contribution in [-0.2, 0) is 9.59 Å². The van der Waals surface area contributed by atoms with E-state index in [9.17, 15) is 9.59 Å². The number of aromatic nitrogens is 2. The monoisotopic (exact) mass is 379 g/mol. The first-order valence-electron chi connectivity index (χ1n) is 9.92. The van der Waals surface area contributed by atoms with Crippen molar-refractivity contribution in [2.45, 2.75) is 31.7 Å². The van der Waals surface area contributed by atoms with E-state index in [1.807, 2.05) is 30.3 Å². The Morgan fingerprint density at radius 1 is 0.964 bits per heavy atom. The van der Waals surface area contributed by atoms with Gasteiger partial charge in [0.15, 0.2) is 5.82 Å². The third-order valence-corrected chi connectivity index (χ3v) is 5.48. The van der Waals surface area contributed by atoms with Crippen LogP contribution in [0.3, 0.4) is 0 Å². The predicted molar refractivity (Wildman–Crippen MR) is 107 cm³/mol. The number of carbonyl (C=O) groups excluding carboxylic acids is 2. The zero-order chi connectivity index (χ0) is 19.3. The van der Waals surface area contributed by atoms with Gasteiger partial charge in [-0.05, 0) is 38.8 Å². The Kier molecular flexibility index (Phi) is 5.62. The Morgan fingerprint density at radius 2 is 1.68 bits per heavy atom. The lowest BCUT2D eigenvalue weighted by molar-refractivity contribution is -0.144. The molecule has 146 valence electrons. The summed E-state index contributed by atoms with van der Waals surface area (Å²) in [4.78, 5) is 37.7. The van der Waals surface area contributed by atoms with E-state index in [-0.39, 0.29) is 0 Å². The van der Waals surface area contributed by atoms with Gasteiger partial charge in [0, 0.05) is 24.7 Å². The van der Waals surface area contributed by atoms with E-state index >= 15 is 0 Å². The summed E-state index contributed by atoms with van der Waals surface area (Å²) in [6.45, 7) is 3.48. The van der Waals surface area contributed by atoms with Gasteiger partial charge in [0.2, 0.25) is 0 Å². The van der Waals surface area contributed by atoms with E-state index in [0.717, 1.165) is 31.5 Å². The minimum atomic E-state index is -0.627. The number of carbonyl (C=O) groups is 2. The topological polar surface area (TPSA) is 78.4 Å². The largest absolute Gasteiger partial charge is 0.333 e. The average molecular weight is 379 g/mol. The van der Waals surface area contributed by atoms with E-state index in [4.69, 9.17) is 0 Å². The number of benzene rings is 1. The van der Waals surface area contributed by atoms with Crippen LogP contribution in [0.4, 0.5) is 5.69 Å². The number of amides is 2. The number of piperidine rings is 1. The van der Waals surface area contributed by atoms with Crippen molar-refractivity contribution in [2.75, 3.05) is 31.5 Å². The van der Waals surface area contributed by atoms with E-state index in [1.165, 1.54) is 25.2 Å². The predicted octanol–water partition coefficient (Wildman–Crippen LogP) is 2.17. The minimum absolute atomic E-state index is 0.376. The molecule has 7 heteroatoms. The Bertz CT molecular complexity index is 818. The molecule has 1 atom stereocenters. The molecule has 3 heterocycles. The molecule has 2 aromatic rings.